The SMILES string of the molecule is [CH2]c1cc(CCCC)c(P(=O)(O)O)c(CCCC)c1.c1ccc(OP(Oc2ccccc2)Oc2ccccc2)cc1. The number of para-hydroxylation sites is 3. The average Bonchev–Trinajstić information content (AvgIpc) is 2.96. The minimum Gasteiger partial charge on any atom is -0.409 e. The summed E-state index contributed by atoms with van der Waals surface area (Å²) >= 11 is 0. The molecule has 0 spiro atoms. The van der Waals surface area contributed by atoms with Crippen molar-refractivity contribution in [3.05, 3.63) is 127 Å². The number of aryl methyl sites for hydroxylation is 2. The Balaban J connectivity index is 0.000000229. The second-order valence-corrected chi connectivity index (χ2v) is 12.0. The summed E-state index contributed by atoms with van der Waals surface area (Å²) in [5.74, 6) is 2.13. The second-order valence-electron chi connectivity index (χ2n) is 9.45. The zero-order valence-electron chi connectivity index (χ0n) is 23.7. The molecule has 0 amide bonds. The number of rotatable bonds is 13. The topological polar surface area (TPSA) is 85.2 Å². The van der Waals surface area contributed by atoms with E-state index in [9.17, 15) is 14.4 Å². The van der Waals surface area contributed by atoms with Gasteiger partial charge >= 0.3 is 16.2 Å². The summed E-state index contributed by atoms with van der Waals surface area (Å²) in [6, 6.07) is 32.1. The Morgan fingerprint density at radius 2 is 1.00 bits per heavy atom. The van der Waals surface area contributed by atoms with Gasteiger partial charge in [0.25, 0.3) is 0 Å². The monoisotopic (exact) mass is 593 g/mol. The van der Waals surface area contributed by atoms with Gasteiger partial charge in [-0.2, -0.15) is 0 Å². The Kier molecular flexibility index (Phi) is 13.4. The third-order valence-electron chi connectivity index (χ3n) is 5.99. The quantitative estimate of drug-likeness (QED) is 0.151. The molecule has 0 aromatic heterocycles. The maximum absolute atomic E-state index is 11.8. The van der Waals surface area contributed by atoms with Crippen molar-refractivity contribution >= 4 is 21.5 Å². The summed E-state index contributed by atoms with van der Waals surface area (Å²) in [4.78, 5) is 19.3. The molecule has 0 fully saturated rings. The highest BCUT2D eigenvalue weighted by Gasteiger charge is 2.25. The van der Waals surface area contributed by atoms with Crippen LogP contribution in [-0.2, 0) is 17.4 Å². The Bertz CT molecular complexity index is 1220. The Labute approximate surface area is 245 Å². The summed E-state index contributed by atoms with van der Waals surface area (Å²) in [7, 11) is -5.81. The minimum atomic E-state index is -4.22. The molecule has 0 saturated heterocycles. The molecule has 217 valence electrons. The molecule has 1 radical (unpaired) electrons. The van der Waals surface area contributed by atoms with Crippen LogP contribution in [0.1, 0.15) is 56.2 Å². The van der Waals surface area contributed by atoms with Crippen molar-refractivity contribution in [3.8, 4) is 17.2 Å². The van der Waals surface area contributed by atoms with Gasteiger partial charge in [-0.15, -0.1) is 0 Å². The largest absolute Gasteiger partial charge is 0.530 e. The van der Waals surface area contributed by atoms with E-state index in [1.165, 1.54) is 0 Å². The number of hydrogen-bond donors (Lipinski definition) is 2. The zero-order chi connectivity index (χ0) is 29.5. The minimum absolute atomic E-state index is 0.252. The van der Waals surface area contributed by atoms with E-state index in [-0.39, 0.29) is 5.30 Å². The van der Waals surface area contributed by atoms with E-state index in [2.05, 4.69) is 20.8 Å². The smallest absolute Gasteiger partial charge is 0.409 e. The molecule has 6 nitrogen and oxygen atoms in total. The Morgan fingerprint density at radius 3 is 1.29 bits per heavy atom. The first-order valence-electron chi connectivity index (χ1n) is 13.8. The van der Waals surface area contributed by atoms with E-state index < -0.39 is 16.2 Å². The van der Waals surface area contributed by atoms with Crippen molar-refractivity contribution in [1.29, 1.82) is 0 Å². The van der Waals surface area contributed by atoms with E-state index in [0.717, 1.165) is 42.4 Å². The maximum Gasteiger partial charge on any atom is 0.530 e. The Morgan fingerprint density at radius 1 is 0.659 bits per heavy atom. The highest BCUT2D eigenvalue weighted by Crippen LogP contribution is 2.42. The molecular formula is C33H39O6P2. The molecule has 0 atom stereocenters. The molecule has 0 aliphatic carbocycles. The molecule has 0 aliphatic heterocycles. The first-order valence-corrected chi connectivity index (χ1v) is 16.5. The van der Waals surface area contributed by atoms with E-state index in [0.29, 0.717) is 30.1 Å². The summed E-state index contributed by atoms with van der Waals surface area (Å²) in [6.07, 6.45) is 5.30. The van der Waals surface area contributed by atoms with Crippen molar-refractivity contribution < 1.29 is 27.9 Å². The van der Waals surface area contributed by atoms with Gasteiger partial charge in [0, 0.05) is 0 Å². The molecule has 2 N–H and O–H groups in total. The number of hydrogen-bond acceptors (Lipinski definition) is 4. The molecule has 0 heterocycles. The standard InChI is InChI=1S/C18H15O3P.C15H24O3P/c1-4-10-16(11-5-1)19-22(20-17-12-6-2-7-13-17)21-18-14-8-3-9-15-18;1-4-6-8-13-10-12(3)11-14(9-7-5-2)15(13)19(16,17)18/h1-15H;10-11H,3-9H2,1-2H3,(H2,16,17,18). The highest BCUT2D eigenvalue weighted by atomic mass is 31.2. The van der Waals surface area contributed by atoms with Crippen LogP contribution in [0.5, 0.6) is 17.2 Å². The molecule has 8 heteroatoms. The van der Waals surface area contributed by atoms with Crippen LogP contribution in [0.2, 0.25) is 0 Å². The van der Waals surface area contributed by atoms with Gasteiger partial charge in [-0.3, -0.25) is 4.57 Å². The Hall–Kier alpha value is -3.14. The lowest BCUT2D eigenvalue weighted by atomic mass is 9.99. The van der Waals surface area contributed by atoms with Crippen LogP contribution in [0.25, 0.3) is 0 Å². The molecule has 4 aromatic rings. The summed E-state index contributed by atoms with van der Waals surface area (Å²) in [6.45, 7) is 8.07. The molecule has 4 aromatic carbocycles. The molecule has 41 heavy (non-hydrogen) atoms. The van der Waals surface area contributed by atoms with Gasteiger partial charge in [0.2, 0.25) is 0 Å². The first kappa shape index (κ1) is 32.4. The summed E-state index contributed by atoms with van der Waals surface area (Å²) in [5.41, 5.74) is 2.39. The van der Waals surface area contributed by atoms with Crippen molar-refractivity contribution in [2.75, 3.05) is 0 Å². The lowest BCUT2D eigenvalue weighted by Gasteiger charge is -2.17. The van der Waals surface area contributed by atoms with Gasteiger partial charge in [0.1, 0.15) is 17.2 Å². The lowest BCUT2D eigenvalue weighted by Crippen LogP contribution is -2.17. The van der Waals surface area contributed by atoms with E-state index in [1.807, 2.05) is 103 Å². The molecule has 0 bridgehead atoms. The second kappa shape index (κ2) is 17.0. The summed E-state index contributed by atoms with van der Waals surface area (Å²) < 4.78 is 29.3. The highest BCUT2D eigenvalue weighted by molar-refractivity contribution is 7.60. The fraction of sp³-hybridized carbons (Fsp3) is 0.242. The van der Waals surface area contributed by atoms with Gasteiger partial charge in [0.15, 0.2) is 0 Å². The molecule has 4 rings (SSSR count). The fourth-order valence-corrected chi connectivity index (χ4v) is 6.17. The van der Waals surface area contributed by atoms with Crippen LogP contribution in [-0.4, -0.2) is 9.79 Å². The predicted octanol–water partition coefficient (Wildman–Crippen LogP) is 8.81. The van der Waals surface area contributed by atoms with E-state index in [4.69, 9.17) is 13.6 Å². The van der Waals surface area contributed by atoms with Crippen molar-refractivity contribution in [1.82, 2.24) is 0 Å². The van der Waals surface area contributed by atoms with Gasteiger partial charge in [-0.05, 0) is 85.7 Å². The molecule has 0 aliphatic rings. The maximum atomic E-state index is 11.8. The van der Waals surface area contributed by atoms with Crippen LogP contribution in [0, 0.1) is 6.92 Å². The van der Waals surface area contributed by atoms with Crippen molar-refractivity contribution in [3.63, 3.8) is 0 Å². The zero-order valence-corrected chi connectivity index (χ0v) is 25.5. The predicted molar refractivity (Wildman–Crippen MR) is 168 cm³/mol. The van der Waals surface area contributed by atoms with Gasteiger partial charge < -0.3 is 23.4 Å². The van der Waals surface area contributed by atoms with Crippen LogP contribution < -0.4 is 18.9 Å². The van der Waals surface area contributed by atoms with Crippen LogP contribution in [0.3, 0.4) is 0 Å². The molecular weight excluding hydrogens is 554 g/mol. The third-order valence-corrected chi connectivity index (χ3v) is 8.22. The van der Waals surface area contributed by atoms with Gasteiger partial charge in [-0.25, -0.2) is 0 Å². The normalized spacial score (nSPS) is 11.0. The third kappa shape index (κ3) is 11.3. The van der Waals surface area contributed by atoms with Crippen LogP contribution in [0.15, 0.2) is 103 Å². The van der Waals surface area contributed by atoms with Crippen LogP contribution >= 0.6 is 16.2 Å². The average molecular weight is 594 g/mol. The number of unbranched alkanes of at least 4 members (excludes halogenated alkanes) is 2. The van der Waals surface area contributed by atoms with Crippen LogP contribution in [0.4, 0.5) is 0 Å². The van der Waals surface area contributed by atoms with Gasteiger partial charge in [-0.1, -0.05) is 93.4 Å². The molecule has 0 saturated carbocycles. The van der Waals surface area contributed by atoms with Gasteiger partial charge in [0.05, 0.1) is 5.30 Å². The lowest BCUT2D eigenvalue weighted by molar-refractivity contribution is 0.385. The van der Waals surface area contributed by atoms with Crippen molar-refractivity contribution in [2.45, 2.75) is 52.4 Å². The van der Waals surface area contributed by atoms with E-state index in [1.54, 1.807) is 0 Å². The van der Waals surface area contributed by atoms with E-state index >= 15 is 0 Å². The summed E-state index contributed by atoms with van der Waals surface area (Å²) in [5, 5.41) is 0.252. The fourth-order valence-electron chi connectivity index (χ4n) is 4.08. The number of benzene rings is 4. The molecule has 0 unspecified atom stereocenters. The first-order chi connectivity index (χ1) is 19.8. The van der Waals surface area contributed by atoms with Crippen molar-refractivity contribution in [2.24, 2.45) is 0 Å².